The van der Waals surface area contributed by atoms with Crippen molar-refractivity contribution >= 4 is 29.3 Å². The molecule has 11 nitrogen and oxygen atoms in total. The molecule has 2 aromatic carbocycles. The number of imide groups is 1. The van der Waals surface area contributed by atoms with Crippen molar-refractivity contribution in [3.8, 4) is 5.75 Å². The summed E-state index contributed by atoms with van der Waals surface area (Å²) in [6, 6.07) is 17.9. The van der Waals surface area contributed by atoms with E-state index in [-0.39, 0.29) is 37.4 Å². The molecule has 3 N–H and O–H groups in total. The molecule has 0 radical (unpaired) electrons. The van der Waals surface area contributed by atoms with Crippen molar-refractivity contribution in [2.24, 2.45) is 17.8 Å². The van der Waals surface area contributed by atoms with Gasteiger partial charge in [-0.2, -0.15) is 0 Å². The third-order valence-electron chi connectivity index (χ3n) is 8.69. The number of benzene rings is 2. The molecule has 0 unspecified atom stereocenters. The first kappa shape index (κ1) is 32.8. The zero-order valence-corrected chi connectivity index (χ0v) is 25.6. The molecule has 3 aromatic rings. The second-order valence-corrected chi connectivity index (χ2v) is 11.6. The predicted molar refractivity (Wildman–Crippen MR) is 169 cm³/mol. The van der Waals surface area contributed by atoms with E-state index in [2.05, 4.69) is 0 Å². The third kappa shape index (κ3) is 6.96. The van der Waals surface area contributed by atoms with Crippen LogP contribution in [0.5, 0.6) is 5.75 Å². The number of aliphatic hydroxyl groups is 3. The highest BCUT2D eigenvalue weighted by molar-refractivity contribution is 6.22. The normalized spacial score (nSPS) is 20.7. The van der Waals surface area contributed by atoms with Gasteiger partial charge in [0.1, 0.15) is 30.5 Å². The van der Waals surface area contributed by atoms with Gasteiger partial charge in [0, 0.05) is 18.1 Å². The molecule has 0 bridgehead atoms. The highest BCUT2D eigenvalue weighted by Crippen LogP contribution is 2.47. The van der Waals surface area contributed by atoms with Crippen LogP contribution < -0.4 is 9.64 Å². The van der Waals surface area contributed by atoms with Gasteiger partial charge in [-0.25, -0.2) is 4.90 Å². The van der Waals surface area contributed by atoms with Gasteiger partial charge in [-0.05, 0) is 73.2 Å². The van der Waals surface area contributed by atoms with Crippen molar-refractivity contribution in [3.63, 3.8) is 0 Å². The smallest absolute Gasteiger partial charge is 0.271 e. The lowest BCUT2D eigenvalue weighted by Gasteiger charge is -2.36. The fourth-order valence-electron chi connectivity index (χ4n) is 6.61. The van der Waals surface area contributed by atoms with Crippen LogP contribution in [0, 0.1) is 27.9 Å². The summed E-state index contributed by atoms with van der Waals surface area (Å²) in [6.07, 6.45) is 3.38. The van der Waals surface area contributed by atoms with Gasteiger partial charge in [0.15, 0.2) is 0 Å². The average molecular weight is 631 g/mol. The number of anilines is 1. The number of aliphatic hydroxyl groups excluding tert-OH is 3. The molecule has 4 atom stereocenters. The van der Waals surface area contributed by atoms with Crippen LogP contribution in [0.2, 0.25) is 0 Å². The van der Waals surface area contributed by atoms with E-state index in [1.165, 1.54) is 24.3 Å². The monoisotopic (exact) mass is 630 g/mol. The largest absolute Gasteiger partial charge is 0.489 e. The van der Waals surface area contributed by atoms with Gasteiger partial charge in [0.25, 0.3) is 5.69 Å². The van der Waals surface area contributed by atoms with Gasteiger partial charge in [-0.3, -0.25) is 19.7 Å². The van der Waals surface area contributed by atoms with Crippen LogP contribution in [-0.4, -0.2) is 51.4 Å². The number of hydrogen-bond acceptors (Lipinski definition) is 9. The number of allylic oxidation sites excluding steroid dienone is 1. The van der Waals surface area contributed by atoms with E-state index in [4.69, 9.17) is 9.15 Å². The Bertz CT molecular complexity index is 1630. The number of para-hydroxylation sites is 1. The van der Waals surface area contributed by atoms with Gasteiger partial charge in [-0.15, -0.1) is 0 Å². The van der Waals surface area contributed by atoms with E-state index >= 15 is 0 Å². The summed E-state index contributed by atoms with van der Waals surface area (Å²) >= 11 is 0. The molecule has 46 heavy (non-hydrogen) atoms. The quantitative estimate of drug-likeness (QED) is 0.0940. The van der Waals surface area contributed by atoms with Crippen LogP contribution in [0.1, 0.15) is 50.5 Å². The number of amides is 2. The molecule has 1 aromatic heterocycles. The van der Waals surface area contributed by atoms with Crippen molar-refractivity contribution in [1.82, 2.24) is 0 Å². The molecule has 1 aliphatic heterocycles. The van der Waals surface area contributed by atoms with Crippen LogP contribution in [-0.2, 0) is 16.2 Å². The Labute approximate surface area is 266 Å². The number of furan rings is 1. The highest BCUT2D eigenvalue weighted by atomic mass is 16.6. The first-order chi connectivity index (χ1) is 22.2. The van der Waals surface area contributed by atoms with Crippen LogP contribution in [0.15, 0.2) is 87.9 Å². The lowest BCUT2D eigenvalue weighted by molar-refractivity contribution is -0.384. The lowest BCUT2D eigenvalue weighted by Crippen LogP contribution is -2.40. The number of hydrogen-bond donors (Lipinski definition) is 3. The number of rotatable bonds is 14. The van der Waals surface area contributed by atoms with E-state index in [0.29, 0.717) is 34.8 Å². The van der Waals surface area contributed by atoms with Crippen LogP contribution in [0.25, 0.3) is 6.08 Å². The third-order valence-corrected chi connectivity index (χ3v) is 8.69. The highest BCUT2D eigenvalue weighted by Gasteiger charge is 2.55. The minimum absolute atomic E-state index is 0.0440. The fourth-order valence-corrected chi connectivity index (χ4v) is 6.61. The Morgan fingerprint density at radius 2 is 1.87 bits per heavy atom. The molecule has 1 aliphatic carbocycles. The van der Waals surface area contributed by atoms with Crippen molar-refractivity contribution in [2.75, 3.05) is 18.1 Å². The van der Waals surface area contributed by atoms with Crippen molar-refractivity contribution in [2.45, 2.75) is 51.7 Å². The Hall–Kier alpha value is -4.58. The molecule has 0 spiro atoms. The summed E-state index contributed by atoms with van der Waals surface area (Å²) in [7, 11) is 0. The molecule has 2 amide bonds. The van der Waals surface area contributed by atoms with E-state index < -0.39 is 47.2 Å². The molecule has 242 valence electrons. The number of nitro groups is 1. The maximum atomic E-state index is 13.9. The number of non-ortho nitro benzene ring substituents is 1. The zero-order chi connectivity index (χ0) is 32.8. The molecule has 11 heteroatoms. The number of nitro benzene ring substituents is 1. The summed E-state index contributed by atoms with van der Waals surface area (Å²) in [5.41, 5.74) is 1.99. The summed E-state index contributed by atoms with van der Waals surface area (Å²) in [5, 5.41) is 43.2. The number of carbonyl (C=O) groups is 2. The molecule has 0 saturated carbocycles. The topological polar surface area (TPSA) is 164 Å². The van der Waals surface area contributed by atoms with E-state index in [1.807, 2.05) is 31.2 Å². The van der Waals surface area contributed by atoms with E-state index in [9.17, 15) is 35.0 Å². The van der Waals surface area contributed by atoms with E-state index in [1.54, 1.807) is 24.3 Å². The Morgan fingerprint density at radius 1 is 1.09 bits per heavy atom. The van der Waals surface area contributed by atoms with E-state index in [0.717, 1.165) is 23.3 Å². The van der Waals surface area contributed by atoms with Crippen LogP contribution in [0.3, 0.4) is 0 Å². The minimum Gasteiger partial charge on any atom is -0.489 e. The van der Waals surface area contributed by atoms with Crippen molar-refractivity contribution in [3.05, 3.63) is 105 Å². The van der Waals surface area contributed by atoms with Gasteiger partial charge < -0.3 is 24.5 Å². The summed E-state index contributed by atoms with van der Waals surface area (Å²) in [5.74, 6) is -2.07. The molecular weight excluding hydrogens is 592 g/mol. The maximum absolute atomic E-state index is 13.9. The molecule has 2 aliphatic rings. The summed E-state index contributed by atoms with van der Waals surface area (Å²) in [4.78, 5) is 39.5. The number of ether oxygens (including phenoxy) is 1. The summed E-state index contributed by atoms with van der Waals surface area (Å²) in [6.45, 7) is 1.40. The molecule has 5 rings (SSSR count). The fraction of sp³-hybridized carbons (Fsp3) is 0.371. The van der Waals surface area contributed by atoms with Gasteiger partial charge >= 0.3 is 0 Å². The van der Waals surface area contributed by atoms with Crippen molar-refractivity contribution in [1.29, 1.82) is 0 Å². The minimum atomic E-state index is -1.05. The molecule has 1 saturated heterocycles. The zero-order valence-electron chi connectivity index (χ0n) is 25.6. The number of carbonyl (C=O) groups excluding carboxylic acids is 2. The van der Waals surface area contributed by atoms with Crippen LogP contribution in [0.4, 0.5) is 11.4 Å². The standard InChI is InChI=1S/C35H38N2O9/c1-2-7-22(16-27-13-14-28(19-38)46-27)12-15-31(40)32-23(21-45-26-10-4-3-5-11-26)17-29-33(30(32)20-39)35(42)36(34(29)41)24-8-6-9-25(18-24)37(43)44/h3-6,8-11,13-14,16,18,29-31,33,38-40H,2,7,12,15,17,19-21H2,1H3/b22-16+/t29-,30+,31-,33-/m1/s1. The molecular formula is C35H38N2O9. The SMILES string of the molecule is CCC/C(=C\c1ccc(CO)o1)CC[C@@H](O)C1=C(COc2ccccc2)C[C@H]2C(=O)N(c3cccc([N+](=O)[O-])c3)C(=O)[C@H]2[C@H]1CO. The lowest BCUT2D eigenvalue weighted by atomic mass is 9.68. The van der Waals surface area contributed by atoms with Gasteiger partial charge in [-0.1, -0.05) is 43.2 Å². The number of fused-ring (bicyclic) bond motifs is 1. The molecule has 2 heterocycles. The Balaban J connectivity index is 1.46. The summed E-state index contributed by atoms with van der Waals surface area (Å²) < 4.78 is 11.7. The van der Waals surface area contributed by atoms with Gasteiger partial charge in [0.05, 0.1) is 35.2 Å². The predicted octanol–water partition coefficient (Wildman–Crippen LogP) is 5.20. The van der Waals surface area contributed by atoms with Crippen LogP contribution >= 0.6 is 0 Å². The Kier molecular flexibility index (Phi) is 10.5. The second-order valence-electron chi connectivity index (χ2n) is 11.6. The first-order valence-electron chi connectivity index (χ1n) is 15.5. The number of nitrogens with zero attached hydrogens (tertiary/aromatic N) is 2. The van der Waals surface area contributed by atoms with Gasteiger partial charge in [0.2, 0.25) is 11.8 Å². The second kappa shape index (κ2) is 14.7. The molecule has 1 fully saturated rings. The maximum Gasteiger partial charge on any atom is 0.271 e. The van der Waals surface area contributed by atoms with Crippen molar-refractivity contribution < 1.29 is 39.0 Å². The Morgan fingerprint density at radius 3 is 2.54 bits per heavy atom. The average Bonchev–Trinajstić information content (AvgIpc) is 3.63. The first-order valence-corrected chi connectivity index (χ1v) is 15.5.